The number of hydrogen-bond acceptors (Lipinski definition) is 4. The zero-order valence-corrected chi connectivity index (χ0v) is 12.4. The van der Waals surface area contributed by atoms with Gasteiger partial charge in [-0.2, -0.15) is 0 Å². The number of pyridine rings is 1. The Morgan fingerprint density at radius 2 is 2.06 bits per heavy atom. The third kappa shape index (κ3) is 4.52. The number of rotatable bonds is 6. The van der Waals surface area contributed by atoms with Gasteiger partial charge in [0.15, 0.2) is 5.82 Å². The number of aromatic nitrogens is 1. The summed E-state index contributed by atoms with van der Waals surface area (Å²) in [6.07, 6.45) is 2.90. The number of anilines is 2. The third-order valence-corrected chi connectivity index (χ3v) is 3.01. The Balaban J connectivity index is 2.66. The lowest BCUT2D eigenvalue weighted by atomic mass is 10.3. The molecule has 1 aromatic rings. The van der Waals surface area contributed by atoms with Crippen LogP contribution in [0, 0.1) is 0 Å². The summed E-state index contributed by atoms with van der Waals surface area (Å²) in [7, 11) is 4.17. The third-order valence-electron chi connectivity index (χ3n) is 2.58. The van der Waals surface area contributed by atoms with Crippen LogP contribution in [0.15, 0.2) is 16.7 Å². The highest BCUT2D eigenvalue weighted by Crippen LogP contribution is 2.23. The molecule has 0 aliphatic carbocycles. The van der Waals surface area contributed by atoms with Gasteiger partial charge in [-0.15, -0.1) is 0 Å². The zero-order chi connectivity index (χ0) is 12.8. The Bertz CT molecular complexity index is 354. The van der Waals surface area contributed by atoms with Crippen molar-refractivity contribution in [3.63, 3.8) is 0 Å². The molecule has 17 heavy (non-hydrogen) atoms. The second kappa shape index (κ2) is 6.81. The maximum Gasteiger partial charge on any atom is 0.151 e. The molecule has 0 spiro atoms. The van der Waals surface area contributed by atoms with Gasteiger partial charge in [-0.3, -0.25) is 0 Å². The van der Waals surface area contributed by atoms with Crippen LogP contribution in [0.3, 0.4) is 0 Å². The van der Waals surface area contributed by atoms with Gasteiger partial charge in [0.25, 0.3) is 0 Å². The molecule has 1 rings (SSSR count). The normalized spacial score (nSPS) is 10.9. The minimum absolute atomic E-state index is 0.728. The molecule has 0 aliphatic heterocycles. The van der Waals surface area contributed by atoms with E-state index in [0.717, 1.165) is 42.0 Å². The monoisotopic (exact) mass is 300 g/mol. The Kier molecular flexibility index (Phi) is 5.71. The molecule has 0 aromatic carbocycles. The lowest BCUT2D eigenvalue weighted by molar-refractivity contribution is 0.400. The van der Waals surface area contributed by atoms with E-state index in [1.807, 2.05) is 6.07 Å². The quantitative estimate of drug-likeness (QED) is 0.875. The maximum absolute atomic E-state index is 5.98. The van der Waals surface area contributed by atoms with Gasteiger partial charge in [0.1, 0.15) is 0 Å². The largest absolute Gasteiger partial charge is 0.396 e. The highest BCUT2D eigenvalue weighted by molar-refractivity contribution is 9.10. The highest BCUT2D eigenvalue weighted by Gasteiger charge is 2.09. The molecular formula is C12H21BrN4. The summed E-state index contributed by atoms with van der Waals surface area (Å²) >= 11 is 3.37. The minimum Gasteiger partial charge on any atom is -0.396 e. The summed E-state index contributed by atoms with van der Waals surface area (Å²) in [5.74, 6) is 0.884. The Morgan fingerprint density at radius 3 is 2.59 bits per heavy atom. The van der Waals surface area contributed by atoms with E-state index in [4.69, 9.17) is 5.73 Å². The summed E-state index contributed by atoms with van der Waals surface area (Å²) in [5, 5.41) is 0. The van der Waals surface area contributed by atoms with E-state index in [-0.39, 0.29) is 0 Å². The summed E-state index contributed by atoms with van der Waals surface area (Å²) < 4.78 is 0.920. The number of hydrogen-bond donors (Lipinski definition) is 1. The fraction of sp³-hybridized carbons (Fsp3) is 0.583. The van der Waals surface area contributed by atoms with Gasteiger partial charge < -0.3 is 15.5 Å². The molecule has 5 heteroatoms. The van der Waals surface area contributed by atoms with E-state index in [2.05, 4.69) is 51.7 Å². The predicted molar refractivity (Wildman–Crippen MR) is 77.4 cm³/mol. The predicted octanol–water partition coefficient (Wildman–Crippen LogP) is 2.20. The Hall–Kier alpha value is -0.810. The molecule has 4 nitrogen and oxygen atoms in total. The van der Waals surface area contributed by atoms with E-state index >= 15 is 0 Å². The van der Waals surface area contributed by atoms with Crippen LogP contribution in [0.5, 0.6) is 0 Å². The maximum atomic E-state index is 5.98. The molecule has 96 valence electrons. The molecule has 1 heterocycles. The van der Waals surface area contributed by atoms with Crippen LogP contribution in [0.4, 0.5) is 11.5 Å². The molecular weight excluding hydrogens is 280 g/mol. The fourth-order valence-corrected chi connectivity index (χ4v) is 2.05. The minimum atomic E-state index is 0.728. The molecule has 1 aromatic heterocycles. The Morgan fingerprint density at radius 1 is 1.35 bits per heavy atom. The van der Waals surface area contributed by atoms with Crippen LogP contribution in [-0.2, 0) is 0 Å². The van der Waals surface area contributed by atoms with Crippen molar-refractivity contribution in [1.82, 2.24) is 9.88 Å². The molecule has 0 aliphatic rings. The van der Waals surface area contributed by atoms with Gasteiger partial charge in [0, 0.05) is 23.8 Å². The van der Waals surface area contributed by atoms with Gasteiger partial charge in [-0.1, -0.05) is 0 Å². The van der Waals surface area contributed by atoms with E-state index in [9.17, 15) is 0 Å². The number of nitrogen functional groups attached to an aromatic ring is 1. The van der Waals surface area contributed by atoms with Crippen molar-refractivity contribution >= 4 is 27.4 Å². The van der Waals surface area contributed by atoms with Gasteiger partial charge >= 0.3 is 0 Å². The first-order valence-electron chi connectivity index (χ1n) is 5.85. The van der Waals surface area contributed by atoms with Crippen LogP contribution >= 0.6 is 15.9 Å². The number of halogens is 1. The smallest absolute Gasteiger partial charge is 0.151 e. The number of nitrogens with two attached hydrogens (primary N) is 1. The fourth-order valence-electron chi connectivity index (χ4n) is 1.70. The van der Waals surface area contributed by atoms with Crippen molar-refractivity contribution in [2.45, 2.75) is 13.3 Å². The van der Waals surface area contributed by atoms with Gasteiger partial charge in [-0.05, 0) is 56.0 Å². The van der Waals surface area contributed by atoms with Crippen LogP contribution < -0.4 is 10.6 Å². The van der Waals surface area contributed by atoms with Crippen molar-refractivity contribution in [3.8, 4) is 0 Å². The van der Waals surface area contributed by atoms with Crippen LogP contribution in [0.25, 0.3) is 0 Å². The van der Waals surface area contributed by atoms with E-state index < -0.39 is 0 Å². The molecule has 0 atom stereocenters. The average molecular weight is 301 g/mol. The summed E-state index contributed by atoms with van der Waals surface area (Å²) in [6.45, 7) is 5.10. The molecule has 0 saturated heterocycles. The van der Waals surface area contributed by atoms with Crippen molar-refractivity contribution in [3.05, 3.63) is 16.7 Å². The lowest BCUT2D eigenvalue weighted by Gasteiger charge is -2.24. The first-order chi connectivity index (χ1) is 8.04. The summed E-state index contributed by atoms with van der Waals surface area (Å²) in [4.78, 5) is 8.79. The first-order valence-corrected chi connectivity index (χ1v) is 6.64. The molecule has 0 amide bonds. The van der Waals surface area contributed by atoms with Crippen molar-refractivity contribution in [2.75, 3.05) is 44.4 Å². The summed E-state index contributed by atoms with van der Waals surface area (Å²) in [6, 6.07) is 1.90. The molecule has 0 unspecified atom stereocenters. The van der Waals surface area contributed by atoms with Gasteiger partial charge in [0.2, 0.25) is 0 Å². The number of nitrogens with zero attached hydrogens (tertiary/aromatic N) is 3. The van der Waals surface area contributed by atoms with E-state index in [1.54, 1.807) is 6.20 Å². The molecule has 0 bridgehead atoms. The second-order valence-corrected chi connectivity index (χ2v) is 5.22. The SMILES string of the molecule is CCN(CCCN(C)C)c1ncc(Br)cc1N. The molecule has 0 fully saturated rings. The molecule has 0 radical (unpaired) electrons. The van der Waals surface area contributed by atoms with Crippen LogP contribution in [-0.4, -0.2) is 43.6 Å². The van der Waals surface area contributed by atoms with Gasteiger partial charge in [-0.25, -0.2) is 4.98 Å². The standard InChI is InChI=1S/C12H21BrN4/c1-4-17(7-5-6-16(2)3)12-11(14)8-10(13)9-15-12/h8-9H,4-7,14H2,1-3H3. The summed E-state index contributed by atoms with van der Waals surface area (Å²) in [5.41, 5.74) is 6.71. The van der Waals surface area contributed by atoms with Crippen LogP contribution in [0.1, 0.15) is 13.3 Å². The van der Waals surface area contributed by atoms with Gasteiger partial charge in [0.05, 0.1) is 5.69 Å². The zero-order valence-electron chi connectivity index (χ0n) is 10.8. The molecule has 2 N–H and O–H groups in total. The molecule has 0 saturated carbocycles. The van der Waals surface area contributed by atoms with Crippen molar-refractivity contribution < 1.29 is 0 Å². The van der Waals surface area contributed by atoms with Crippen molar-refractivity contribution in [2.24, 2.45) is 0 Å². The Labute approximate surface area is 112 Å². The second-order valence-electron chi connectivity index (χ2n) is 4.30. The average Bonchev–Trinajstić information content (AvgIpc) is 2.25. The van der Waals surface area contributed by atoms with Crippen LogP contribution in [0.2, 0.25) is 0 Å². The first kappa shape index (κ1) is 14.3. The van der Waals surface area contributed by atoms with Crippen molar-refractivity contribution in [1.29, 1.82) is 0 Å². The highest BCUT2D eigenvalue weighted by atomic mass is 79.9. The van der Waals surface area contributed by atoms with E-state index in [0.29, 0.717) is 0 Å². The lowest BCUT2D eigenvalue weighted by Crippen LogP contribution is -2.28. The van der Waals surface area contributed by atoms with E-state index in [1.165, 1.54) is 0 Å². The topological polar surface area (TPSA) is 45.4 Å².